The molecule has 0 radical (unpaired) electrons. The molecular formula is C8H12N2OS. The van der Waals surface area contributed by atoms with Gasteiger partial charge in [0.2, 0.25) is 5.90 Å². The van der Waals surface area contributed by atoms with Gasteiger partial charge in [-0.1, -0.05) is 0 Å². The maximum atomic E-state index is 5.48. The Morgan fingerprint density at radius 3 is 3.00 bits per heavy atom. The van der Waals surface area contributed by atoms with Crippen molar-refractivity contribution in [2.24, 2.45) is 9.98 Å². The third kappa shape index (κ3) is 1.48. The molecular weight excluding hydrogens is 172 g/mol. The van der Waals surface area contributed by atoms with E-state index in [1.54, 1.807) is 11.8 Å². The predicted octanol–water partition coefficient (Wildman–Crippen LogP) is 1.34. The Balaban J connectivity index is 2.10. The van der Waals surface area contributed by atoms with Crippen LogP contribution >= 0.6 is 11.8 Å². The molecule has 0 spiro atoms. The average molecular weight is 184 g/mol. The third-order valence-electron chi connectivity index (χ3n) is 1.84. The van der Waals surface area contributed by atoms with Crippen molar-refractivity contribution < 1.29 is 4.74 Å². The number of hydrogen-bond acceptors (Lipinski definition) is 4. The van der Waals surface area contributed by atoms with Crippen molar-refractivity contribution >= 4 is 23.2 Å². The molecule has 0 saturated carbocycles. The first-order valence-corrected chi connectivity index (χ1v) is 5.08. The lowest BCUT2D eigenvalue weighted by Gasteiger charge is -2.07. The molecule has 12 heavy (non-hydrogen) atoms. The highest BCUT2D eigenvalue weighted by Crippen LogP contribution is 2.22. The molecule has 2 heterocycles. The number of nitrogens with zero attached hydrogens (tertiary/aromatic N) is 2. The Morgan fingerprint density at radius 2 is 2.50 bits per heavy atom. The molecule has 1 atom stereocenters. The van der Waals surface area contributed by atoms with Gasteiger partial charge in [0.05, 0.1) is 11.1 Å². The van der Waals surface area contributed by atoms with Gasteiger partial charge in [-0.25, -0.2) is 4.99 Å². The Labute approximate surface area is 76.3 Å². The molecule has 2 aliphatic heterocycles. The maximum Gasteiger partial charge on any atom is 0.210 e. The van der Waals surface area contributed by atoms with Crippen molar-refractivity contribution in [2.75, 3.05) is 12.4 Å². The van der Waals surface area contributed by atoms with Crippen LogP contribution in [0.5, 0.6) is 0 Å². The highest BCUT2D eigenvalue weighted by Gasteiger charge is 2.31. The van der Waals surface area contributed by atoms with Crippen molar-refractivity contribution in [1.29, 1.82) is 0 Å². The summed E-state index contributed by atoms with van der Waals surface area (Å²) in [5.41, 5.74) is 1.83. The van der Waals surface area contributed by atoms with Gasteiger partial charge in [0.1, 0.15) is 12.6 Å². The highest BCUT2D eigenvalue weighted by molar-refractivity contribution is 8.12. The fraction of sp³-hybridized carbons (Fsp3) is 0.750. The first kappa shape index (κ1) is 8.10. The summed E-state index contributed by atoms with van der Waals surface area (Å²) in [6, 6.07) is 0.178. The average Bonchev–Trinajstić information content (AvgIpc) is 2.55. The van der Waals surface area contributed by atoms with Crippen LogP contribution in [0.1, 0.15) is 13.8 Å². The summed E-state index contributed by atoms with van der Waals surface area (Å²) in [4.78, 5) is 8.74. The molecule has 0 bridgehead atoms. The van der Waals surface area contributed by atoms with Crippen LogP contribution in [0.4, 0.5) is 0 Å². The highest BCUT2D eigenvalue weighted by atomic mass is 32.2. The lowest BCUT2D eigenvalue weighted by atomic mass is 10.1. The van der Waals surface area contributed by atoms with E-state index in [-0.39, 0.29) is 11.6 Å². The van der Waals surface area contributed by atoms with Crippen LogP contribution in [0.15, 0.2) is 9.98 Å². The lowest BCUT2D eigenvalue weighted by molar-refractivity contribution is 0.272. The van der Waals surface area contributed by atoms with Crippen molar-refractivity contribution in [3.8, 4) is 0 Å². The van der Waals surface area contributed by atoms with Gasteiger partial charge in [0.25, 0.3) is 0 Å². The van der Waals surface area contributed by atoms with Crippen molar-refractivity contribution in [3.63, 3.8) is 0 Å². The summed E-state index contributed by atoms with van der Waals surface area (Å²) in [6.07, 6.45) is 0. The van der Waals surface area contributed by atoms with E-state index >= 15 is 0 Å². The van der Waals surface area contributed by atoms with Crippen molar-refractivity contribution in [3.05, 3.63) is 0 Å². The molecule has 2 rings (SSSR count). The van der Waals surface area contributed by atoms with Gasteiger partial charge in [-0.2, -0.15) is 0 Å². The summed E-state index contributed by atoms with van der Waals surface area (Å²) in [6.45, 7) is 4.84. The molecule has 0 aliphatic carbocycles. The number of hydrogen-bond donors (Lipinski definition) is 0. The Bertz CT molecular complexity index is 247. The molecule has 0 saturated heterocycles. The van der Waals surface area contributed by atoms with E-state index < -0.39 is 0 Å². The first-order chi connectivity index (χ1) is 5.67. The van der Waals surface area contributed by atoms with Crippen LogP contribution in [0, 0.1) is 0 Å². The van der Waals surface area contributed by atoms with Crippen LogP contribution in [0.25, 0.3) is 0 Å². The van der Waals surface area contributed by atoms with E-state index in [0.717, 1.165) is 11.7 Å². The Morgan fingerprint density at radius 1 is 1.67 bits per heavy atom. The third-order valence-corrected chi connectivity index (χ3v) is 2.62. The van der Waals surface area contributed by atoms with Crippen LogP contribution < -0.4 is 0 Å². The second-order valence-electron chi connectivity index (χ2n) is 3.65. The van der Waals surface area contributed by atoms with E-state index in [1.807, 2.05) is 5.55 Å². The Kier molecular flexibility index (Phi) is 1.87. The Hall–Kier alpha value is -0.510. The molecule has 0 aromatic heterocycles. The monoisotopic (exact) mass is 184 g/mol. The lowest BCUT2D eigenvalue weighted by Crippen LogP contribution is -2.18. The minimum absolute atomic E-state index is 0.0435. The molecule has 4 heteroatoms. The molecule has 0 fully saturated rings. The van der Waals surface area contributed by atoms with Gasteiger partial charge in [-0.05, 0) is 13.8 Å². The zero-order chi connectivity index (χ0) is 8.60. The zero-order valence-corrected chi connectivity index (χ0v) is 8.10. The molecule has 3 nitrogen and oxygen atoms in total. The van der Waals surface area contributed by atoms with E-state index in [4.69, 9.17) is 4.74 Å². The van der Waals surface area contributed by atoms with E-state index in [0.29, 0.717) is 6.61 Å². The van der Waals surface area contributed by atoms with E-state index in [9.17, 15) is 0 Å². The van der Waals surface area contributed by atoms with Gasteiger partial charge in [-0.15, -0.1) is 11.8 Å². The summed E-state index contributed by atoms with van der Waals surface area (Å²) >= 11 is 1.72. The molecule has 0 aromatic rings. The fourth-order valence-corrected chi connectivity index (χ4v) is 1.94. The van der Waals surface area contributed by atoms with Gasteiger partial charge < -0.3 is 4.74 Å². The van der Waals surface area contributed by atoms with Gasteiger partial charge in [0.15, 0.2) is 0 Å². The van der Waals surface area contributed by atoms with Crippen LogP contribution in [-0.2, 0) is 4.74 Å². The summed E-state index contributed by atoms with van der Waals surface area (Å²) in [5, 5.41) is 0. The van der Waals surface area contributed by atoms with Crippen LogP contribution in [0.2, 0.25) is 0 Å². The molecule has 2 aliphatic rings. The van der Waals surface area contributed by atoms with E-state index in [1.165, 1.54) is 0 Å². The van der Waals surface area contributed by atoms with Crippen LogP contribution in [0.3, 0.4) is 0 Å². The first-order valence-electron chi connectivity index (χ1n) is 4.03. The quantitative estimate of drug-likeness (QED) is 0.616. The second kappa shape index (κ2) is 2.76. The van der Waals surface area contributed by atoms with Gasteiger partial charge in [-0.3, -0.25) is 4.99 Å². The largest absolute Gasteiger partial charge is 0.477 e. The van der Waals surface area contributed by atoms with Crippen molar-refractivity contribution in [1.82, 2.24) is 0 Å². The smallest absolute Gasteiger partial charge is 0.210 e. The summed E-state index contributed by atoms with van der Waals surface area (Å²) in [7, 11) is 0. The molecule has 0 amide bonds. The number of thioether (sulfide) groups is 1. The standard InChI is InChI=1S/C8H12N2OS/c1-8(2)4-11-7(10-8)6-3-12-5-9-6/h5-6H,3-4H2,1-2H3. The number of aliphatic imine (C=N–C) groups is 2. The fourth-order valence-electron chi connectivity index (χ4n) is 1.21. The van der Waals surface area contributed by atoms with E-state index in [2.05, 4.69) is 23.8 Å². The van der Waals surface area contributed by atoms with Gasteiger partial charge in [0, 0.05) is 5.75 Å². The molecule has 66 valence electrons. The normalized spacial score (nSPS) is 31.8. The molecule has 0 N–H and O–H groups in total. The molecule has 1 unspecified atom stereocenters. The number of ether oxygens (including phenoxy) is 1. The van der Waals surface area contributed by atoms with Crippen molar-refractivity contribution in [2.45, 2.75) is 25.4 Å². The minimum Gasteiger partial charge on any atom is -0.477 e. The topological polar surface area (TPSA) is 34.0 Å². The second-order valence-corrected chi connectivity index (χ2v) is 4.53. The SMILES string of the molecule is CC1(C)COC(C2CSC=N2)=N1. The predicted molar refractivity (Wildman–Crippen MR) is 52.2 cm³/mol. The van der Waals surface area contributed by atoms with Gasteiger partial charge >= 0.3 is 0 Å². The van der Waals surface area contributed by atoms with Crippen LogP contribution in [-0.4, -0.2) is 35.4 Å². The zero-order valence-electron chi connectivity index (χ0n) is 7.28. The molecule has 0 aromatic carbocycles. The summed E-state index contributed by atoms with van der Waals surface area (Å²) < 4.78 is 5.48. The maximum absolute atomic E-state index is 5.48. The number of rotatable bonds is 1. The summed E-state index contributed by atoms with van der Waals surface area (Å²) in [5.74, 6) is 1.80. The minimum atomic E-state index is -0.0435.